The number of aromatic amines is 1. The molecule has 0 unspecified atom stereocenters. The zero-order chi connectivity index (χ0) is 8.97. The average molecular weight is 184 g/mol. The number of nitrogens with zero attached hydrogens (tertiary/aromatic N) is 1. The van der Waals surface area contributed by atoms with Gasteiger partial charge in [-0.05, 0) is 18.1 Å². The van der Waals surface area contributed by atoms with E-state index in [2.05, 4.69) is 17.6 Å². The van der Waals surface area contributed by atoms with Crippen molar-refractivity contribution in [1.29, 1.82) is 0 Å². The van der Waals surface area contributed by atoms with E-state index in [0.717, 1.165) is 6.42 Å². The third kappa shape index (κ3) is 2.62. The van der Waals surface area contributed by atoms with E-state index in [1.807, 2.05) is 18.5 Å². The van der Waals surface area contributed by atoms with Crippen LogP contribution in [0.3, 0.4) is 0 Å². The highest BCUT2D eigenvalue weighted by atomic mass is 32.1. The van der Waals surface area contributed by atoms with E-state index >= 15 is 0 Å². The maximum absolute atomic E-state index is 10.7. The third-order valence-corrected chi connectivity index (χ3v) is 2.07. The van der Waals surface area contributed by atoms with E-state index in [0.29, 0.717) is 6.54 Å². The molecule has 0 spiro atoms. The van der Waals surface area contributed by atoms with Gasteiger partial charge in [0.05, 0.1) is 0 Å². The molecule has 0 aliphatic rings. The molecule has 0 aliphatic heterocycles. The van der Waals surface area contributed by atoms with E-state index in [9.17, 15) is 4.79 Å². The number of thiol groups is 1. The van der Waals surface area contributed by atoms with Crippen LogP contribution in [0.1, 0.15) is 5.56 Å². The number of hydrogen-bond acceptors (Lipinski definition) is 1. The molecule has 0 atom stereocenters. The Hall–Kier alpha value is -0.900. The minimum Gasteiger partial charge on any atom is -0.367 e. The summed E-state index contributed by atoms with van der Waals surface area (Å²) in [6, 6.07) is 2.00. The van der Waals surface area contributed by atoms with Gasteiger partial charge >= 0.3 is 0 Å². The lowest BCUT2D eigenvalue weighted by Crippen LogP contribution is -2.23. The van der Waals surface area contributed by atoms with Gasteiger partial charge in [-0.1, -0.05) is 12.6 Å². The molecule has 3 nitrogen and oxygen atoms in total. The van der Waals surface area contributed by atoms with Crippen molar-refractivity contribution in [3.63, 3.8) is 0 Å². The Bertz CT molecular complexity index is 246. The molecule has 0 aliphatic carbocycles. The van der Waals surface area contributed by atoms with Gasteiger partial charge in [0.15, 0.2) is 0 Å². The highest BCUT2D eigenvalue weighted by molar-refractivity contribution is 7.96. The summed E-state index contributed by atoms with van der Waals surface area (Å²) in [5.74, 6) is 0. The second kappa shape index (κ2) is 4.21. The monoisotopic (exact) mass is 184 g/mol. The molecule has 66 valence electrons. The Morgan fingerprint density at radius 2 is 2.50 bits per heavy atom. The highest BCUT2D eigenvalue weighted by Crippen LogP contribution is 2.00. The fourth-order valence-corrected chi connectivity index (χ4v) is 1.01. The van der Waals surface area contributed by atoms with Gasteiger partial charge in [0.1, 0.15) is 0 Å². The summed E-state index contributed by atoms with van der Waals surface area (Å²) in [7, 11) is 1.74. The zero-order valence-corrected chi connectivity index (χ0v) is 7.84. The number of carbonyl (C=O) groups is 1. The van der Waals surface area contributed by atoms with Crippen molar-refractivity contribution in [2.75, 3.05) is 13.6 Å². The van der Waals surface area contributed by atoms with E-state index in [1.54, 1.807) is 11.9 Å². The summed E-state index contributed by atoms with van der Waals surface area (Å²) in [4.78, 5) is 15.2. The third-order valence-electron chi connectivity index (χ3n) is 1.72. The Morgan fingerprint density at radius 1 is 1.75 bits per heavy atom. The van der Waals surface area contributed by atoms with Gasteiger partial charge in [0, 0.05) is 26.0 Å². The van der Waals surface area contributed by atoms with Crippen LogP contribution in [0.5, 0.6) is 0 Å². The van der Waals surface area contributed by atoms with Gasteiger partial charge < -0.3 is 9.88 Å². The minimum absolute atomic E-state index is 0.189. The van der Waals surface area contributed by atoms with Crippen LogP contribution in [-0.2, 0) is 6.42 Å². The topological polar surface area (TPSA) is 36.1 Å². The van der Waals surface area contributed by atoms with Crippen LogP contribution in [0.4, 0.5) is 4.79 Å². The summed E-state index contributed by atoms with van der Waals surface area (Å²) in [6.45, 7) is 0.709. The molecule has 4 heteroatoms. The van der Waals surface area contributed by atoms with Crippen molar-refractivity contribution < 1.29 is 4.79 Å². The summed E-state index contributed by atoms with van der Waals surface area (Å²) >= 11 is 3.70. The lowest BCUT2D eigenvalue weighted by Gasteiger charge is -2.12. The van der Waals surface area contributed by atoms with Crippen LogP contribution in [0, 0.1) is 0 Å². The van der Waals surface area contributed by atoms with Gasteiger partial charge in [0.25, 0.3) is 5.24 Å². The maximum Gasteiger partial charge on any atom is 0.278 e. The second-order valence-corrected chi connectivity index (χ2v) is 3.06. The van der Waals surface area contributed by atoms with Gasteiger partial charge in [-0.2, -0.15) is 0 Å². The van der Waals surface area contributed by atoms with Gasteiger partial charge in [-0.3, -0.25) is 4.79 Å². The highest BCUT2D eigenvalue weighted by Gasteiger charge is 2.02. The molecule has 1 aromatic heterocycles. The van der Waals surface area contributed by atoms with Crippen molar-refractivity contribution >= 4 is 17.9 Å². The van der Waals surface area contributed by atoms with Crippen LogP contribution in [-0.4, -0.2) is 28.7 Å². The van der Waals surface area contributed by atoms with E-state index in [1.165, 1.54) is 5.56 Å². The molecule has 12 heavy (non-hydrogen) atoms. The van der Waals surface area contributed by atoms with Crippen molar-refractivity contribution in [3.05, 3.63) is 24.0 Å². The predicted molar refractivity (Wildman–Crippen MR) is 51.5 cm³/mol. The average Bonchev–Trinajstić information content (AvgIpc) is 2.51. The maximum atomic E-state index is 10.7. The summed E-state index contributed by atoms with van der Waals surface area (Å²) in [5, 5.41) is -0.189. The van der Waals surface area contributed by atoms with Gasteiger partial charge in [0.2, 0.25) is 0 Å². The lowest BCUT2D eigenvalue weighted by atomic mass is 10.2. The van der Waals surface area contributed by atoms with Crippen molar-refractivity contribution in [2.24, 2.45) is 0 Å². The lowest BCUT2D eigenvalue weighted by molar-refractivity contribution is 0.234. The summed E-state index contributed by atoms with van der Waals surface area (Å²) in [5.41, 5.74) is 1.21. The molecule has 0 aromatic carbocycles. The van der Waals surface area contributed by atoms with Crippen molar-refractivity contribution in [2.45, 2.75) is 6.42 Å². The molecule has 0 saturated carbocycles. The first-order valence-electron chi connectivity index (χ1n) is 3.76. The van der Waals surface area contributed by atoms with E-state index in [4.69, 9.17) is 0 Å². The summed E-state index contributed by atoms with van der Waals surface area (Å²) in [6.07, 6.45) is 4.67. The number of amides is 1. The molecular formula is C8H12N2OS. The number of rotatable bonds is 3. The fraction of sp³-hybridized carbons (Fsp3) is 0.375. The minimum atomic E-state index is -0.189. The van der Waals surface area contributed by atoms with Crippen molar-refractivity contribution in [3.8, 4) is 0 Å². The number of H-pyrrole nitrogens is 1. The normalized spacial score (nSPS) is 9.83. The molecule has 1 aromatic rings. The smallest absolute Gasteiger partial charge is 0.278 e. The van der Waals surface area contributed by atoms with Gasteiger partial charge in [-0.25, -0.2) is 0 Å². The molecule has 0 bridgehead atoms. The number of likely N-dealkylation sites (N-methyl/N-ethyl adjacent to an activating group) is 1. The van der Waals surface area contributed by atoms with Gasteiger partial charge in [-0.15, -0.1) is 0 Å². The second-order valence-electron chi connectivity index (χ2n) is 2.67. The zero-order valence-electron chi connectivity index (χ0n) is 6.95. The molecule has 0 radical (unpaired) electrons. The first kappa shape index (κ1) is 9.19. The predicted octanol–water partition coefficient (Wildman–Crippen LogP) is 1.54. The van der Waals surface area contributed by atoms with Crippen LogP contribution < -0.4 is 0 Å². The molecular weight excluding hydrogens is 172 g/mol. The Morgan fingerprint density at radius 3 is 3.00 bits per heavy atom. The molecule has 1 heterocycles. The molecule has 0 saturated heterocycles. The molecule has 0 fully saturated rings. The standard InChI is InChI=1S/C8H12N2OS/c1-10(8(11)12)5-3-7-2-4-9-6-7/h2,4,6,9H,3,5H2,1H3,(H,11,12). The van der Waals surface area contributed by atoms with Crippen LogP contribution in [0.2, 0.25) is 0 Å². The largest absolute Gasteiger partial charge is 0.367 e. The molecule has 1 N–H and O–H groups in total. The fourth-order valence-electron chi connectivity index (χ4n) is 0.906. The molecule has 1 amide bonds. The number of hydrogen-bond donors (Lipinski definition) is 2. The SMILES string of the molecule is CN(CCc1cc[nH]c1)C(=O)S. The summed E-state index contributed by atoms with van der Waals surface area (Å²) < 4.78 is 0. The van der Waals surface area contributed by atoms with Crippen LogP contribution in [0.25, 0.3) is 0 Å². The van der Waals surface area contributed by atoms with Crippen LogP contribution in [0.15, 0.2) is 18.5 Å². The Kier molecular flexibility index (Phi) is 3.22. The molecule has 1 rings (SSSR count). The Balaban J connectivity index is 2.31. The number of nitrogens with one attached hydrogen (secondary N) is 1. The first-order chi connectivity index (χ1) is 5.70. The Labute approximate surface area is 77.2 Å². The first-order valence-corrected chi connectivity index (χ1v) is 4.20. The van der Waals surface area contributed by atoms with E-state index < -0.39 is 0 Å². The van der Waals surface area contributed by atoms with E-state index in [-0.39, 0.29) is 5.24 Å². The number of aromatic nitrogens is 1. The van der Waals surface area contributed by atoms with Crippen LogP contribution >= 0.6 is 12.6 Å². The van der Waals surface area contributed by atoms with Crippen molar-refractivity contribution in [1.82, 2.24) is 9.88 Å². The quantitative estimate of drug-likeness (QED) is 0.687. The number of carbonyl (C=O) groups excluding carboxylic acids is 1.